The molecule has 9 nitrogen and oxygen atoms in total. The summed E-state index contributed by atoms with van der Waals surface area (Å²) in [4.78, 5) is 28.0. The molecule has 3 aromatic rings. The van der Waals surface area contributed by atoms with E-state index >= 15 is 0 Å². The second kappa shape index (κ2) is 7.84. The molecular weight excluding hydrogens is 375 g/mol. The summed E-state index contributed by atoms with van der Waals surface area (Å²) in [7, 11) is -1.26. The van der Waals surface area contributed by atoms with Gasteiger partial charge in [-0.25, -0.2) is 9.48 Å². The third kappa shape index (κ3) is 4.02. The number of carboxylic acids is 1. The highest BCUT2D eigenvalue weighted by molar-refractivity contribution is 6.47. The molecule has 10 heteroatoms. The first kappa shape index (κ1) is 18.8. The summed E-state index contributed by atoms with van der Waals surface area (Å²) >= 11 is 0. The van der Waals surface area contributed by atoms with Crippen LogP contribution < -0.4 is 4.65 Å². The van der Waals surface area contributed by atoms with Crippen molar-refractivity contribution >= 4 is 18.9 Å². The lowest BCUT2D eigenvalue weighted by Crippen LogP contribution is -2.36. The van der Waals surface area contributed by atoms with Crippen molar-refractivity contribution in [1.29, 1.82) is 0 Å². The summed E-state index contributed by atoms with van der Waals surface area (Å²) < 4.78 is 6.86. The average Bonchev–Trinajstić information content (AvgIpc) is 3.17. The molecule has 1 aliphatic rings. The Balaban J connectivity index is 1.42. The molecule has 0 radical (unpaired) electrons. The first-order valence-electron chi connectivity index (χ1n) is 9.04. The van der Waals surface area contributed by atoms with E-state index in [2.05, 4.69) is 15.3 Å². The number of nitrogens with zero attached hydrogens (tertiary/aromatic N) is 4. The van der Waals surface area contributed by atoms with E-state index in [-0.39, 0.29) is 30.1 Å². The van der Waals surface area contributed by atoms with Gasteiger partial charge in [-0.05, 0) is 30.2 Å². The Morgan fingerprint density at radius 2 is 2.07 bits per heavy atom. The van der Waals surface area contributed by atoms with Crippen LogP contribution in [0.4, 0.5) is 0 Å². The largest absolute Gasteiger partial charge is 0.535 e. The number of benzene rings is 1. The van der Waals surface area contributed by atoms with E-state index in [0.717, 1.165) is 0 Å². The Hall–Kier alpha value is -3.53. The predicted molar refractivity (Wildman–Crippen MR) is 102 cm³/mol. The maximum atomic E-state index is 12.5. The molecule has 0 unspecified atom stereocenters. The van der Waals surface area contributed by atoms with Gasteiger partial charge in [-0.2, -0.15) is 0 Å². The first-order valence-corrected chi connectivity index (χ1v) is 9.04. The van der Waals surface area contributed by atoms with Crippen LogP contribution in [0.1, 0.15) is 22.3 Å². The molecule has 146 valence electrons. The molecule has 0 amide bonds. The SMILES string of the molecule is O=C(C[C@H]1Cc2cccc(C(=O)O)c2OB1O)Cn1cc(-c2ccccn2)nn1. The second-order valence-corrected chi connectivity index (χ2v) is 6.83. The van der Waals surface area contributed by atoms with Crippen molar-refractivity contribution in [3.05, 3.63) is 59.9 Å². The summed E-state index contributed by atoms with van der Waals surface area (Å²) in [5, 5.41) is 27.5. The van der Waals surface area contributed by atoms with Crippen LogP contribution in [-0.4, -0.2) is 49.0 Å². The number of rotatable bonds is 6. The lowest BCUT2D eigenvalue weighted by molar-refractivity contribution is -0.120. The van der Waals surface area contributed by atoms with Crippen LogP contribution in [0.25, 0.3) is 11.4 Å². The van der Waals surface area contributed by atoms with Crippen molar-refractivity contribution in [3.8, 4) is 17.1 Å². The molecule has 4 rings (SSSR count). The highest BCUT2D eigenvalue weighted by atomic mass is 16.5. The van der Waals surface area contributed by atoms with Crippen molar-refractivity contribution in [2.24, 2.45) is 0 Å². The van der Waals surface area contributed by atoms with Gasteiger partial charge in [0.1, 0.15) is 18.0 Å². The molecule has 1 aliphatic heterocycles. The van der Waals surface area contributed by atoms with Crippen LogP contribution in [0.15, 0.2) is 48.8 Å². The number of fused-ring (bicyclic) bond motifs is 1. The minimum absolute atomic E-state index is 0.00371. The summed E-state index contributed by atoms with van der Waals surface area (Å²) in [5.41, 5.74) is 1.88. The molecule has 29 heavy (non-hydrogen) atoms. The van der Waals surface area contributed by atoms with Crippen molar-refractivity contribution < 1.29 is 24.4 Å². The van der Waals surface area contributed by atoms with Gasteiger partial charge in [-0.1, -0.05) is 23.4 Å². The predicted octanol–water partition coefficient (Wildman–Crippen LogP) is 1.48. The van der Waals surface area contributed by atoms with Crippen LogP contribution >= 0.6 is 0 Å². The van der Waals surface area contributed by atoms with E-state index in [1.54, 1.807) is 36.7 Å². The summed E-state index contributed by atoms with van der Waals surface area (Å²) in [6, 6.07) is 10.2. The molecule has 0 fully saturated rings. The van der Waals surface area contributed by atoms with Crippen LogP contribution in [0, 0.1) is 0 Å². The standard InChI is InChI=1S/C19H17BN4O5/c25-14(10-24-11-17(22-23-24)16-6-1-2-7-21-16)9-13-8-12-4-3-5-15(19(26)27)18(12)29-20(13)28/h1-7,11,13,28H,8-10H2,(H,26,27)/t13-/m1/s1. The first-order chi connectivity index (χ1) is 14.0. The van der Waals surface area contributed by atoms with Gasteiger partial charge in [0.15, 0.2) is 5.78 Å². The Morgan fingerprint density at radius 3 is 2.83 bits per heavy atom. The van der Waals surface area contributed by atoms with E-state index < -0.39 is 18.9 Å². The number of aromatic carboxylic acids is 1. The fraction of sp³-hybridized carbons (Fsp3) is 0.211. The van der Waals surface area contributed by atoms with Gasteiger partial charge in [0.05, 0.1) is 17.5 Å². The molecule has 2 aromatic heterocycles. The van der Waals surface area contributed by atoms with Gasteiger partial charge >= 0.3 is 13.1 Å². The number of pyridine rings is 1. The number of hydrogen-bond acceptors (Lipinski definition) is 7. The Labute approximate surface area is 166 Å². The molecule has 1 atom stereocenters. The topological polar surface area (TPSA) is 127 Å². The normalized spacial score (nSPS) is 15.5. The van der Waals surface area contributed by atoms with E-state index in [4.69, 9.17) is 4.65 Å². The third-order valence-corrected chi connectivity index (χ3v) is 4.75. The molecule has 0 saturated carbocycles. The second-order valence-electron chi connectivity index (χ2n) is 6.83. The van der Waals surface area contributed by atoms with Gasteiger partial charge in [-0.3, -0.25) is 9.78 Å². The fourth-order valence-corrected chi connectivity index (χ4v) is 3.37. The zero-order chi connectivity index (χ0) is 20.4. The van der Waals surface area contributed by atoms with Crippen molar-refractivity contribution in [1.82, 2.24) is 20.0 Å². The van der Waals surface area contributed by atoms with E-state index in [0.29, 0.717) is 23.4 Å². The third-order valence-electron chi connectivity index (χ3n) is 4.75. The van der Waals surface area contributed by atoms with E-state index in [9.17, 15) is 19.7 Å². The van der Waals surface area contributed by atoms with Gasteiger partial charge < -0.3 is 14.8 Å². The van der Waals surface area contributed by atoms with Crippen molar-refractivity contribution in [3.63, 3.8) is 0 Å². The minimum atomic E-state index is -1.26. The molecule has 0 saturated heterocycles. The fourth-order valence-electron chi connectivity index (χ4n) is 3.37. The average molecular weight is 392 g/mol. The van der Waals surface area contributed by atoms with Gasteiger partial charge in [0.2, 0.25) is 0 Å². The van der Waals surface area contributed by atoms with Crippen LogP contribution in [0.3, 0.4) is 0 Å². The Bertz CT molecular complexity index is 1060. The molecule has 0 spiro atoms. The smallest absolute Gasteiger partial charge is 0.526 e. The molecule has 2 N–H and O–H groups in total. The molecule has 1 aromatic carbocycles. The van der Waals surface area contributed by atoms with Crippen LogP contribution in [0.5, 0.6) is 5.75 Å². The Kier molecular flexibility index (Phi) is 5.09. The van der Waals surface area contributed by atoms with E-state index in [1.807, 2.05) is 6.07 Å². The number of carbonyl (C=O) groups excluding carboxylic acids is 1. The number of para-hydroxylation sites is 1. The molecule has 0 aliphatic carbocycles. The number of carboxylic acid groups (broad SMARTS) is 1. The maximum absolute atomic E-state index is 12.5. The number of hydrogen-bond donors (Lipinski definition) is 2. The van der Waals surface area contributed by atoms with Crippen LogP contribution in [-0.2, 0) is 17.8 Å². The van der Waals surface area contributed by atoms with Gasteiger partial charge in [-0.15, -0.1) is 5.10 Å². The van der Waals surface area contributed by atoms with Crippen molar-refractivity contribution in [2.45, 2.75) is 25.2 Å². The number of ketones is 1. The number of aromatic nitrogens is 4. The summed E-state index contributed by atoms with van der Waals surface area (Å²) in [6.45, 7) is 0.00504. The quantitative estimate of drug-likeness (QED) is 0.604. The molecular formula is C19H17BN4O5. The van der Waals surface area contributed by atoms with Crippen LogP contribution in [0.2, 0.25) is 5.82 Å². The monoisotopic (exact) mass is 392 g/mol. The lowest BCUT2D eigenvalue weighted by Gasteiger charge is -2.27. The molecule has 3 heterocycles. The number of carbonyl (C=O) groups is 2. The summed E-state index contributed by atoms with van der Waals surface area (Å²) in [6.07, 6.45) is 3.70. The van der Waals surface area contributed by atoms with Gasteiger partial charge in [0.25, 0.3) is 0 Å². The minimum Gasteiger partial charge on any atom is -0.535 e. The van der Waals surface area contributed by atoms with E-state index in [1.165, 1.54) is 10.7 Å². The lowest BCUT2D eigenvalue weighted by atomic mass is 9.64. The van der Waals surface area contributed by atoms with Crippen molar-refractivity contribution in [2.75, 3.05) is 0 Å². The number of Topliss-reactive ketones (excluding diaryl/α,β-unsaturated/α-hetero) is 1. The zero-order valence-electron chi connectivity index (χ0n) is 15.3. The van der Waals surface area contributed by atoms with Gasteiger partial charge in [0, 0.05) is 18.4 Å². The Morgan fingerprint density at radius 1 is 1.21 bits per heavy atom. The summed E-state index contributed by atoms with van der Waals surface area (Å²) in [5.74, 6) is -1.59. The molecule has 0 bridgehead atoms. The maximum Gasteiger partial charge on any atom is 0.526 e. The highest BCUT2D eigenvalue weighted by Crippen LogP contribution is 2.36. The highest BCUT2D eigenvalue weighted by Gasteiger charge is 2.37. The zero-order valence-corrected chi connectivity index (χ0v) is 15.3.